The quantitative estimate of drug-likeness (QED) is 0.771. The summed E-state index contributed by atoms with van der Waals surface area (Å²) in [5.74, 6) is -1.49. The number of carbonyl (C=O) groups excluding carboxylic acids is 1. The second kappa shape index (κ2) is 8.04. The summed E-state index contributed by atoms with van der Waals surface area (Å²) in [4.78, 5) is 24.3. The topological polar surface area (TPSA) is 57.6 Å². The van der Waals surface area contributed by atoms with E-state index in [1.165, 1.54) is 17.9 Å². The molecule has 22 heavy (non-hydrogen) atoms. The van der Waals surface area contributed by atoms with E-state index >= 15 is 0 Å². The number of carbonyl (C=O) groups is 2. The monoisotopic (exact) mass is 365 g/mol. The van der Waals surface area contributed by atoms with Gasteiger partial charge in [0.2, 0.25) is 5.91 Å². The Kier molecular flexibility index (Phi) is 6.98. The van der Waals surface area contributed by atoms with E-state index in [2.05, 4.69) is 0 Å². The molecule has 122 valence electrons. The maximum Gasteiger partial charge on any atom is 0.303 e. The van der Waals surface area contributed by atoms with Gasteiger partial charge in [-0.2, -0.15) is 0 Å². The number of aliphatic carboxylic acids is 1. The number of amides is 1. The molecule has 0 heterocycles. The highest BCUT2D eigenvalue weighted by Crippen LogP contribution is 2.45. The number of hydrogen-bond acceptors (Lipinski definition) is 2. The van der Waals surface area contributed by atoms with Gasteiger partial charge in [-0.05, 0) is 30.9 Å². The number of rotatable bonds is 6. The normalized spacial score (nSPS) is 12.1. The van der Waals surface area contributed by atoms with Crippen LogP contribution in [0.3, 0.4) is 0 Å². The Hall–Kier alpha value is -0.970. The van der Waals surface area contributed by atoms with Crippen LogP contribution in [-0.2, 0) is 9.59 Å². The van der Waals surface area contributed by atoms with Crippen molar-refractivity contribution in [2.24, 2.45) is 0 Å². The second-order valence-electron chi connectivity index (χ2n) is 4.88. The van der Waals surface area contributed by atoms with E-state index in [9.17, 15) is 9.59 Å². The van der Waals surface area contributed by atoms with E-state index in [1.807, 2.05) is 6.92 Å². The van der Waals surface area contributed by atoms with E-state index in [0.29, 0.717) is 29.2 Å². The van der Waals surface area contributed by atoms with Crippen molar-refractivity contribution < 1.29 is 14.7 Å². The average Bonchev–Trinajstić information content (AvgIpc) is 2.40. The molecule has 1 aromatic rings. The van der Waals surface area contributed by atoms with Crippen LogP contribution in [0.4, 0.5) is 5.69 Å². The molecule has 0 fully saturated rings. The molecule has 0 aliphatic rings. The molecule has 1 unspecified atom stereocenters. The van der Waals surface area contributed by atoms with Gasteiger partial charge in [0, 0.05) is 18.5 Å². The van der Waals surface area contributed by atoms with Crippen LogP contribution < -0.4 is 4.90 Å². The minimum absolute atomic E-state index is 0.0940. The highest BCUT2D eigenvalue weighted by molar-refractivity contribution is 6.43. The molecule has 1 aromatic carbocycles. The van der Waals surface area contributed by atoms with Gasteiger partial charge in [-0.1, -0.05) is 41.7 Å². The van der Waals surface area contributed by atoms with E-state index in [4.69, 9.17) is 39.9 Å². The third kappa shape index (κ3) is 4.06. The van der Waals surface area contributed by atoms with Crippen LogP contribution in [0.1, 0.15) is 45.1 Å². The van der Waals surface area contributed by atoms with Crippen LogP contribution in [0.25, 0.3) is 0 Å². The zero-order chi connectivity index (χ0) is 17.0. The Morgan fingerprint density at radius 2 is 1.82 bits per heavy atom. The Bertz CT molecular complexity index is 590. The van der Waals surface area contributed by atoms with E-state index < -0.39 is 5.97 Å². The average molecular weight is 367 g/mol. The fourth-order valence-corrected chi connectivity index (χ4v) is 3.69. The molecule has 0 aliphatic carbocycles. The number of nitrogens with zero attached hydrogens (tertiary/aromatic N) is 1. The van der Waals surface area contributed by atoms with Gasteiger partial charge in [0.05, 0.1) is 22.2 Å². The summed E-state index contributed by atoms with van der Waals surface area (Å²) in [5.41, 5.74) is 0.897. The smallest absolute Gasteiger partial charge is 0.303 e. The van der Waals surface area contributed by atoms with Crippen molar-refractivity contribution >= 4 is 52.4 Å². The molecule has 0 aromatic heterocycles. The number of carboxylic acids is 1. The van der Waals surface area contributed by atoms with E-state index in [-0.39, 0.29) is 28.3 Å². The zero-order valence-corrected chi connectivity index (χ0v) is 14.9. The van der Waals surface area contributed by atoms with Crippen molar-refractivity contribution in [2.45, 2.75) is 39.5 Å². The van der Waals surface area contributed by atoms with Crippen LogP contribution in [0.15, 0.2) is 6.07 Å². The molecule has 0 spiro atoms. The molecule has 0 saturated carbocycles. The second-order valence-corrected chi connectivity index (χ2v) is 6.08. The Labute approximate surface area is 145 Å². The number of carboxylic acid groups (broad SMARTS) is 1. The lowest BCUT2D eigenvalue weighted by atomic mass is 9.92. The molecule has 1 N–H and O–H groups in total. The molecular weight excluding hydrogens is 349 g/mol. The number of halogens is 3. The van der Waals surface area contributed by atoms with Crippen molar-refractivity contribution in [3.63, 3.8) is 0 Å². The van der Waals surface area contributed by atoms with Crippen molar-refractivity contribution in [3.8, 4) is 0 Å². The molecule has 0 aliphatic heterocycles. The molecule has 1 rings (SSSR count). The van der Waals surface area contributed by atoms with E-state index in [0.717, 1.165) is 0 Å². The number of hydrogen-bond donors (Lipinski definition) is 1. The lowest BCUT2D eigenvalue weighted by Gasteiger charge is -2.26. The first-order valence-corrected chi connectivity index (χ1v) is 8.05. The SMILES string of the molecule is CCC(CC(=O)O)c1c(Cl)cc(Cl)c(N(CC)C(C)=O)c1Cl. The first-order chi connectivity index (χ1) is 10.2. The molecule has 7 heteroatoms. The van der Waals surface area contributed by atoms with Gasteiger partial charge in [0.1, 0.15) is 0 Å². The summed E-state index contributed by atoms with van der Waals surface area (Å²) >= 11 is 18.9. The van der Waals surface area contributed by atoms with Crippen LogP contribution >= 0.6 is 34.8 Å². The van der Waals surface area contributed by atoms with Crippen LogP contribution in [0.2, 0.25) is 15.1 Å². The van der Waals surface area contributed by atoms with Crippen molar-refractivity contribution in [1.29, 1.82) is 0 Å². The lowest BCUT2D eigenvalue weighted by Crippen LogP contribution is -2.29. The third-order valence-corrected chi connectivity index (χ3v) is 4.45. The summed E-state index contributed by atoms with van der Waals surface area (Å²) in [6.07, 6.45) is 0.461. The first kappa shape index (κ1) is 19.1. The Morgan fingerprint density at radius 3 is 2.23 bits per heavy atom. The largest absolute Gasteiger partial charge is 0.481 e. The summed E-state index contributed by atoms with van der Waals surface area (Å²) in [6.45, 7) is 5.47. The zero-order valence-electron chi connectivity index (χ0n) is 12.6. The van der Waals surface area contributed by atoms with Crippen molar-refractivity contribution in [2.75, 3.05) is 11.4 Å². The molecule has 0 bridgehead atoms. The molecule has 1 amide bonds. The summed E-state index contributed by atoms with van der Waals surface area (Å²) in [6, 6.07) is 1.51. The standard InChI is InChI=1S/C15H18Cl3NO3/c1-4-9(6-12(21)22)13-10(16)7-11(17)15(14(13)18)19(5-2)8(3)20/h7,9H,4-6H2,1-3H3,(H,21,22). The van der Waals surface area contributed by atoms with Crippen LogP contribution in [0, 0.1) is 0 Å². The molecular formula is C15H18Cl3NO3. The van der Waals surface area contributed by atoms with Gasteiger partial charge in [0.15, 0.2) is 0 Å². The number of anilines is 1. The van der Waals surface area contributed by atoms with Gasteiger partial charge < -0.3 is 10.0 Å². The predicted molar refractivity (Wildman–Crippen MR) is 90.5 cm³/mol. The van der Waals surface area contributed by atoms with Crippen LogP contribution in [-0.4, -0.2) is 23.5 Å². The van der Waals surface area contributed by atoms with Crippen molar-refractivity contribution in [1.82, 2.24) is 0 Å². The fourth-order valence-electron chi connectivity index (χ4n) is 2.42. The van der Waals surface area contributed by atoms with Crippen molar-refractivity contribution in [3.05, 3.63) is 26.7 Å². The molecule has 1 atom stereocenters. The van der Waals surface area contributed by atoms with Gasteiger partial charge in [0.25, 0.3) is 0 Å². The minimum Gasteiger partial charge on any atom is -0.481 e. The Balaban J connectivity index is 3.53. The molecule has 0 saturated heterocycles. The van der Waals surface area contributed by atoms with Gasteiger partial charge >= 0.3 is 5.97 Å². The molecule has 4 nitrogen and oxygen atoms in total. The minimum atomic E-state index is -0.936. The third-order valence-electron chi connectivity index (χ3n) is 3.47. The van der Waals surface area contributed by atoms with Gasteiger partial charge in [-0.3, -0.25) is 9.59 Å². The van der Waals surface area contributed by atoms with Gasteiger partial charge in [-0.25, -0.2) is 0 Å². The lowest BCUT2D eigenvalue weighted by molar-refractivity contribution is -0.137. The fraction of sp³-hybridized carbons (Fsp3) is 0.467. The Morgan fingerprint density at radius 1 is 1.23 bits per heavy atom. The van der Waals surface area contributed by atoms with Crippen LogP contribution in [0.5, 0.6) is 0 Å². The summed E-state index contributed by atoms with van der Waals surface area (Å²) < 4.78 is 0. The summed E-state index contributed by atoms with van der Waals surface area (Å²) in [7, 11) is 0. The first-order valence-electron chi connectivity index (χ1n) is 6.91. The number of benzene rings is 1. The maximum absolute atomic E-state index is 11.8. The summed E-state index contributed by atoms with van der Waals surface area (Å²) in [5, 5.41) is 9.86. The maximum atomic E-state index is 11.8. The van der Waals surface area contributed by atoms with E-state index in [1.54, 1.807) is 6.92 Å². The highest BCUT2D eigenvalue weighted by atomic mass is 35.5. The predicted octanol–water partition coefficient (Wildman–Crippen LogP) is 4.99. The van der Waals surface area contributed by atoms with Gasteiger partial charge in [-0.15, -0.1) is 0 Å². The molecule has 0 radical (unpaired) electrons. The highest BCUT2D eigenvalue weighted by Gasteiger charge is 2.26.